The highest BCUT2D eigenvalue weighted by atomic mass is 16.7. The summed E-state index contributed by atoms with van der Waals surface area (Å²) in [5.41, 5.74) is 0.657. The van der Waals surface area contributed by atoms with Crippen molar-refractivity contribution in [1.29, 1.82) is 0 Å². The third kappa shape index (κ3) is 2.63. The molecule has 3 unspecified atom stereocenters. The van der Waals surface area contributed by atoms with Crippen LogP contribution < -0.4 is 0 Å². The van der Waals surface area contributed by atoms with E-state index in [1.165, 1.54) is 32.1 Å². The van der Waals surface area contributed by atoms with Crippen LogP contribution in [0.4, 0.5) is 0 Å². The average molecular weight is 394 g/mol. The van der Waals surface area contributed by atoms with E-state index >= 15 is 0 Å². The van der Waals surface area contributed by atoms with Crippen LogP contribution in [0, 0.1) is 46.3 Å². The van der Waals surface area contributed by atoms with E-state index in [2.05, 4.69) is 20.8 Å². The standard InChI is InChI=1S/C24H40O4/c1-15(14-25)17-4-5-18-21-19(6-7-23(17,18)3)22(2)8-9-24(27-10-11-28-24)13-16(22)12-20(21)26/h15-21,25-26H,4-14H2,1-3H3/p+1/t15-,16+,17-,18?,19?,20-,21?,22+,23-/m1/s1. The second-order valence-corrected chi connectivity index (χ2v) is 11.5. The highest BCUT2D eigenvalue weighted by molar-refractivity contribution is 5.12. The third-order valence-corrected chi connectivity index (χ3v) is 10.6. The minimum absolute atomic E-state index is 0.172. The number of aliphatic hydroxyl groups excluding tert-OH is 1. The van der Waals surface area contributed by atoms with Gasteiger partial charge in [0.15, 0.2) is 5.79 Å². The molecular weight excluding hydrogens is 352 g/mol. The van der Waals surface area contributed by atoms with E-state index in [4.69, 9.17) is 14.6 Å². The van der Waals surface area contributed by atoms with Gasteiger partial charge >= 0.3 is 0 Å². The van der Waals surface area contributed by atoms with Crippen molar-refractivity contribution in [3.8, 4) is 0 Å². The van der Waals surface area contributed by atoms with E-state index in [9.17, 15) is 5.11 Å². The van der Waals surface area contributed by atoms with Crippen LogP contribution in [0.15, 0.2) is 0 Å². The average Bonchev–Trinajstić information content (AvgIpc) is 3.27. The first kappa shape index (κ1) is 19.8. The minimum atomic E-state index is -0.345. The van der Waals surface area contributed by atoms with Gasteiger partial charge in [-0.15, -0.1) is 0 Å². The molecule has 5 rings (SSSR count). The molecule has 1 saturated heterocycles. The van der Waals surface area contributed by atoms with Crippen LogP contribution in [0.1, 0.15) is 72.1 Å². The molecule has 5 aliphatic rings. The van der Waals surface area contributed by atoms with E-state index in [-0.39, 0.29) is 11.9 Å². The zero-order chi connectivity index (χ0) is 19.7. The minimum Gasteiger partial charge on any atom is -0.445 e. The molecule has 0 bridgehead atoms. The summed E-state index contributed by atoms with van der Waals surface area (Å²) in [6.07, 6.45) is 9.03. The van der Waals surface area contributed by atoms with E-state index in [0.717, 1.165) is 32.5 Å². The number of fused-ring (bicyclic) bond motifs is 5. The van der Waals surface area contributed by atoms with E-state index < -0.39 is 0 Å². The molecule has 9 atom stereocenters. The maximum absolute atomic E-state index is 11.4. The molecule has 4 heteroatoms. The highest BCUT2D eigenvalue weighted by Gasteiger charge is 2.64. The monoisotopic (exact) mass is 393 g/mol. The smallest absolute Gasteiger partial charge is 0.168 e. The summed E-state index contributed by atoms with van der Waals surface area (Å²) in [5.74, 6) is 3.08. The normalized spacial score (nSPS) is 53.5. The van der Waals surface area contributed by atoms with Crippen molar-refractivity contribution in [2.75, 3.05) is 19.8 Å². The molecule has 0 radical (unpaired) electrons. The predicted octanol–water partition coefficient (Wildman–Crippen LogP) is 3.72. The summed E-state index contributed by atoms with van der Waals surface area (Å²) in [5, 5.41) is 19.4. The Bertz CT molecular complexity index is 601. The lowest BCUT2D eigenvalue weighted by atomic mass is 9.43. The van der Waals surface area contributed by atoms with Crippen molar-refractivity contribution in [1.82, 2.24) is 0 Å². The maximum Gasteiger partial charge on any atom is 0.168 e. The largest absolute Gasteiger partial charge is 0.445 e. The summed E-state index contributed by atoms with van der Waals surface area (Å²) >= 11 is 0. The topological polar surface area (TPSA) is 61.6 Å². The number of hydrogen-bond acceptors (Lipinski definition) is 3. The first-order chi connectivity index (χ1) is 13.3. The molecule has 0 amide bonds. The van der Waals surface area contributed by atoms with Crippen molar-refractivity contribution in [2.45, 2.75) is 84.0 Å². The molecule has 28 heavy (non-hydrogen) atoms. The van der Waals surface area contributed by atoms with Crippen molar-refractivity contribution in [2.24, 2.45) is 46.3 Å². The van der Waals surface area contributed by atoms with E-state index in [0.29, 0.717) is 52.9 Å². The van der Waals surface area contributed by atoms with E-state index in [1.807, 2.05) is 0 Å². The molecule has 1 heterocycles. The fourth-order valence-corrected chi connectivity index (χ4v) is 9.04. The summed E-state index contributed by atoms with van der Waals surface area (Å²) in [6.45, 7) is 9.33. The fraction of sp³-hybridized carbons (Fsp3) is 1.00. The van der Waals surface area contributed by atoms with Crippen molar-refractivity contribution >= 4 is 0 Å². The summed E-state index contributed by atoms with van der Waals surface area (Å²) in [6, 6.07) is 0. The Morgan fingerprint density at radius 2 is 1.71 bits per heavy atom. The van der Waals surface area contributed by atoms with Gasteiger partial charge in [0.05, 0.1) is 19.3 Å². The highest BCUT2D eigenvalue weighted by Crippen LogP contribution is 2.69. The summed E-state index contributed by atoms with van der Waals surface area (Å²) in [4.78, 5) is 0. The lowest BCUT2D eigenvalue weighted by molar-refractivity contribution is -0.243. The molecule has 160 valence electrons. The van der Waals surface area contributed by atoms with Crippen molar-refractivity contribution in [3.05, 3.63) is 0 Å². The van der Waals surface area contributed by atoms with E-state index in [1.54, 1.807) is 0 Å². The second-order valence-electron chi connectivity index (χ2n) is 11.5. The zero-order valence-electron chi connectivity index (χ0n) is 18.1. The molecular formula is C24H41O4+. The van der Waals surface area contributed by atoms with Gasteiger partial charge in [-0.1, -0.05) is 20.8 Å². The Morgan fingerprint density at radius 3 is 2.43 bits per heavy atom. The molecule has 0 aromatic rings. The molecule has 4 nitrogen and oxygen atoms in total. The molecule has 0 aromatic carbocycles. The van der Waals surface area contributed by atoms with Gasteiger partial charge < -0.3 is 19.7 Å². The third-order valence-electron chi connectivity index (χ3n) is 10.6. The van der Waals surface area contributed by atoms with Gasteiger partial charge in [0.1, 0.15) is 6.61 Å². The summed E-state index contributed by atoms with van der Waals surface area (Å²) in [7, 11) is 0. The van der Waals surface area contributed by atoms with Gasteiger partial charge in [0, 0.05) is 18.8 Å². The van der Waals surface area contributed by atoms with Crippen LogP contribution in [0.25, 0.3) is 0 Å². The fourth-order valence-electron chi connectivity index (χ4n) is 9.04. The molecule has 0 aromatic heterocycles. The van der Waals surface area contributed by atoms with Gasteiger partial charge in [-0.05, 0) is 78.9 Å². The first-order valence-electron chi connectivity index (χ1n) is 11.9. The summed E-state index contributed by atoms with van der Waals surface area (Å²) < 4.78 is 12.1. The zero-order valence-corrected chi connectivity index (χ0v) is 18.1. The Morgan fingerprint density at radius 1 is 1.00 bits per heavy atom. The van der Waals surface area contributed by atoms with Crippen LogP contribution in [0.2, 0.25) is 0 Å². The molecule has 4 saturated carbocycles. The Balaban J connectivity index is 1.42. The number of rotatable bonds is 2. The molecule has 4 aliphatic carbocycles. The quantitative estimate of drug-likeness (QED) is 0.727. The predicted molar refractivity (Wildman–Crippen MR) is 109 cm³/mol. The number of hydrogen-bond donors (Lipinski definition) is 1. The molecule has 5 fully saturated rings. The number of ether oxygens (including phenoxy) is 2. The van der Waals surface area contributed by atoms with Crippen LogP contribution in [0.3, 0.4) is 0 Å². The second kappa shape index (κ2) is 6.67. The van der Waals surface area contributed by atoms with Crippen LogP contribution in [-0.4, -0.2) is 41.9 Å². The van der Waals surface area contributed by atoms with Gasteiger partial charge in [0.2, 0.25) is 0 Å². The lowest BCUT2D eigenvalue weighted by Crippen LogP contribution is -2.60. The Labute approximate surface area is 170 Å². The molecule has 3 N–H and O–H groups in total. The van der Waals surface area contributed by atoms with Crippen LogP contribution in [0.5, 0.6) is 0 Å². The lowest BCUT2D eigenvalue weighted by Gasteiger charge is -2.63. The Hall–Kier alpha value is -0.160. The first-order valence-corrected chi connectivity index (χ1v) is 11.9. The van der Waals surface area contributed by atoms with Gasteiger partial charge in [-0.25, -0.2) is 0 Å². The van der Waals surface area contributed by atoms with Gasteiger partial charge in [-0.2, -0.15) is 0 Å². The molecule has 1 spiro atoms. The van der Waals surface area contributed by atoms with Crippen molar-refractivity contribution in [3.63, 3.8) is 0 Å². The SMILES string of the molecule is C[C@H](C[OH2+])[C@H]1CCC2C3C(CC[C@@]21C)[C@@]1(C)CCC2(C[C@@H]1C[C@H]3O)OCCO2. The number of aliphatic hydroxyl groups is 1. The van der Waals surface area contributed by atoms with Crippen LogP contribution in [-0.2, 0) is 9.47 Å². The van der Waals surface area contributed by atoms with Crippen molar-refractivity contribution < 1.29 is 19.7 Å². The molecule has 1 aliphatic heterocycles. The maximum atomic E-state index is 11.4. The Kier molecular flexibility index (Phi) is 4.71. The van der Waals surface area contributed by atoms with Gasteiger partial charge in [0.25, 0.3) is 0 Å². The van der Waals surface area contributed by atoms with Crippen LogP contribution >= 0.6 is 0 Å². The van der Waals surface area contributed by atoms with Gasteiger partial charge in [-0.3, -0.25) is 0 Å².